The molecule has 1 atom stereocenters. The van der Waals surface area contributed by atoms with Crippen LogP contribution in [0.4, 0.5) is 5.69 Å². The Morgan fingerprint density at radius 1 is 0.947 bits per heavy atom. The lowest BCUT2D eigenvalue weighted by Gasteiger charge is -2.31. The molecular formula is C30H43N3O4S. The van der Waals surface area contributed by atoms with Gasteiger partial charge in [-0.15, -0.1) is 0 Å². The molecular weight excluding hydrogens is 498 g/mol. The maximum Gasteiger partial charge on any atom is 0.242 e. The molecule has 0 bridgehead atoms. The standard InChI is InChI=1S/C30H43N3O4S/c1-4-25-17-19-28(20-18-25)33(38(3,36)37)22-11-16-29(34)32(23-21-26-12-7-5-8-13-26)24(2)30(35)31-27-14-9-6-10-15-27/h5,7-8,12-13,17-20,24,27H,4,6,9-11,14-16,21-23H2,1-3H3,(H,31,35)/t24-/m0/s1. The highest BCUT2D eigenvalue weighted by molar-refractivity contribution is 7.92. The first kappa shape index (κ1) is 29.7. The second-order valence-electron chi connectivity index (χ2n) is 10.3. The minimum atomic E-state index is -3.50. The Bertz CT molecular complexity index is 1130. The molecule has 38 heavy (non-hydrogen) atoms. The molecule has 7 nitrogen and oxygen atoms in total. The summed E-state index contributed by atoms with van der Waals surface area (Å²) >= 11 is 0. The Balaban J connectivity index is 1.66. The van der Waals surface area contributed by atoms with E-state index in [4.69, 9.17) is 0 Å². The number of nitrogens with zero attached hydrogens (tertiary/aromatic N) is 2. The zero-order chi connectivity index (χ0) is 27.5. The van der Waals surface area contributed by atoms with Crippen LogP contribution in [0.3, 0.4) is 0 Å². The second-order valence-corrected chi connectivity index (χ2v) is 12.2. The summed E-state index contributed by atoms with van der Waals surface area (Å²) in [6, 6.07) is 17.0. The van der Waals surface area contributed by atoms with Crippen molar-refractivity contribution in [2.24, 2.45) is 0 Å². The molecule has 208 valence electrons. The molecule has 0 unspecified atom stereocenters. The fraction of sp³-hybridized carbons (Fsp3) is 0.533. The Labute approximate surface area is 228 Å². The monoisotopic (exact) mass is 541 g/mol. The van der Waals surface area contributed by atoms with E-state index in [0.29, 0.717) is 25.1 Å². The third-order valence-electron chi connectivity index (χ3n) is 7.39. The van der Waals surface area contributed by atoms with Crippen molar-refractivity contribution in [3.8, 4) is 0 Å². The molecule has 1 aliphatic rings. The Morgan fingerprint density at radius 3 is 2.21 bits per heavy atom. The van der Waals surface area contributed by atoms with Crippen LogP contribution in [0.25, 0.3) is 0 Å². The van der Waals surface area contributed by atoms with Gasteiger partial charge in [0.25, 0.3) is 0 Å². The van der Waals surface area contributed by atoms with E-state index in [1.165, 1.54) is 17.0 Å². The van der Waals surface area contributed by atoms with Crippen LogP contribution >= 0.6 is 0 Å². The number of anilines is 1. The molecule has 1 N–H and O–H groups in total. The number of hydrogen-bond acceptors (Lipinski definition) is 4. The van der Waals surface area contributed by atoms with Crippen molar-refractivity contribution >= 4 is 27.5 Å². The highest BCUT2D eigenvalue weighted by Crippen LogP contribution is 2.21. The SMILES string of the molecule is CCc1ccc(N(CCCC(=O)N(CCc2ccccc2)[C@@H](C)C(=O)NC2CCCCC2)S(C)(=O)=O)cc1. The number of rotatable bonds is 13. The highest BCUT2D eigenvalue weighted by Gasteiger charge is 2.28. The van der Waals surface area contributed by atoms with E-state index < -0.39 is 16.1 Å². The first-order valence-electron chi connectivity index (χ1n) is 13.9. The van der Waals surface area contributed by atoms with E-state index in [9.17, 15) is 18.0 Å². The van der Waals surface area contributed by atoms with Crippen LogP contribution in [0.1, 0.15) is 69.9 Å². The predicted octanol–water partition coefficient (Wildman–Crippen LogP) is 4.70. The molecule has 0 spiro atoms. The van der Waals surface area contributed by atoms with Crippen molar-refractivity contribution in [3.05, 3.63) is 65.7 Å². The maximum absolute atomic E-state index is 13.4. The summed E-state index contributed by atoms with van der Waals surface area (Å²) in [6.45, 7) is 4.47. The zero-order valence-electron chi connectivity index (χ0n) is 23.1. The van der Waals surface area contributed by atoms with Crippen LogP contribution < -0.4 is 9.62 Å². The predicted molar refractivity (Wildman–Crippen MR) is 154 cm³/mol. The van der Waals surface area contributed by atoms with E-state index >= 15 is 0 Å². The molecule has 0 saturated heterocycles. The van der Waals surface area contributed by atoms with Crippen LogP contribution in [0, 0.1) is 0 Å². The van der Waals surface area contributed by atoms with Gasteiger partial charge in [-0.3, -0.25) is 13.9 Å². The molecule has 1 saturated carbocycles. The van der Waals surface area contributed by atoms with Crippen LogP contribution in [-0.2, 0) is 32.5 Å². The van der Waals surface area contributed by atoms with Gasteiger partial charge in [0, 0.05) is 25.6 Å². The summed E-state index contributed by atoms with van der Waals surface area (Å²) in [7, 11) is -3.50. The van der Waals surface area contributed by atoms with Crippen molar-refractivity contribution in [2.75, 3.05) is 23.7 Å². The number of nitrogens with one attached hydrogen (secondary N) is 1. The maximum atomic E-state index is 13.4. The fourth-order valence-electron chi connectivity index (χ4n) is 5.04. The first-order chi connectivity index (χ1) is 18.2. The number of aryl methyl sites for hydroxylation is 1. The normalized spacial score (nSPS) is 15.0. The van der Waals surface area contributed by atoms with Crippen molar-refractivity contribution in [1.29, 1.82) is 0 Å². The molecule has 0 aromatic heterocycles. The molecule has 8 heteroatoms. The van der Waals surface area contributed by atoms with Gasteiger partial charge in [-0.1, -0.05) is 68.7 Å². The highest BCUT2D eigenvalue weighted by atomic mass is 32.2. The minimum absolute atomic E-state index is 0.118. The summed E-state index contributed by atoms with van der Waals surface area (Å²) in [6.07, 6.45) is 8.64. The Morgan fingerprint density at radius 2 is 1.61 bits per heavy atom. The number of carbonyl (C=O) groups is 2. The molecule has 2 aromatic rings. The van der Waals surface area contributed by atoms with Gasteiger partial charge in [0.1, 0.15) is 6.04 Å². The number of hydrogen-bond donors (Lipinski definition) is 1. The molecule has 0 radical (unpaired) electrons. The summed E-state index contributed by atoms with van der Waals surface area (Å²) in [4.78, 5) is 28.2. The molecule has 2 aromatic carbocycles. The fourth-order valence-corrected chi connectivity index (χ4v) is 6.01. The lowest BCUT2D eigenvalue weighted by atomic mass is 9.95. The van der Waals surface area contributed by atoms with E-state index in [-0.39, 0.29) is 30.8 Å². The summed E-state index contributed by atoms with van der Waals surface area (Å²) in [5.74, 6) is -0.255. The van der Waals surface area contributed by atoms with Gasteiger partial charge in [-0.25, -0.2) is 8.42 Å². The summed E-state index contributed by atoms with van der Waals surface area (Å²) in [5.41, 5.74) is 2.83. The van der Waals surface area contributed by atoms with Crippen LogP contribution in [0.5, 0.6) is 0 Å². The molecule has 3 rings (SSSR count). The van der Waals surface area contributed by atoms with Gasteiger partial charge in [0.15, 0.2) is 0 Å². The van der Waals surface area contributed by atoms with Crippen LogP contribution in [0.2, 0.25) is 0 Å². The Hall–Kier alpha value is -2.87. The zero-order valence-corrected chi connectivity index (χ0v) is 23.9. The summed E-state index contributed by atoms with van der Waals surface area (Å²) < 4.78 is 26.4. The number of sulfonamides is 1. The van der Waals surface area contributed by atoms with Crippen LogP contribution in [-0.4, -0.2) is 56.6 Å². The summed E-state index contributed by atoms with van der Waals surface area (Å²) in [5, 5.41) is 3.16. The van der Waals surface area contributed by atoms with Crippen molar-refractivity contribution < 1.29 is 18.0 Å². The molecule has 0 heterocycles. The van der Waals surface area contributed by atoms with Crippen LogP contribution in [0.15, 0.2) is 54.6 Å². The largest absolute Gasteiger partial charge is 0.352 e. The molecule has 2 amide bonds. The molecule has 1 fully saturated rings. The number of amides is 2. The smallest absolute Gasteiger partial charge is 0.242 e. The van der Waals surface area contributed by atoms with Crippen molar-refractivity contribution in [1.82, 2.24) is 10.2 Å². The third-order valence-corrected chi connectivity index (χ3v) is 8.58. The van der Waals surface area contributed by atoms with E-state index in [2.05, 4.69) is 12.2 Å². The first-order valence-corrected chi connectivity index (χ1v) is 15.7. The quantitative estimate of drug-likeness (QED) is 0.398. The lowest BCUT2D eigenvalue weighted by Crippen LogP contribution is -2.51. The van der Waals surface area contributed by atoms with Gasteiger partial charge in [0.2, 0.25) is 21.8 Å². The lowest BCUT2D eigenvalue weighted by molar-refractivity contribution is -0.140. The van der Waals surface area contributed by atoms with Gasteiger partial charge < -0.3 is 10.2 Å². The number of carbonyl (C=O) groups excluding carboxylic acids is 2. The Kier molecular flexibility index (Phi) is 11.2. The molecule has 1 aliphatic carbocycles. The van der Waals surface area contributed by atoms with E-state index in [0.717, 1.165) is 43.2 Å². The third kappa shape index (κ3) is 8.86. The van der Waals surface area contributed by atoms with Crippen molar-refractivity contribution in [3.63, 3.8) is 0 Å². The van der Waals surface area contributed by atoms with Gasteiger partial charge in [-0.2, -0.15) is 0 Å². The molecule has 0 aliphatic heterocycles. The average Bonchev–Trinajstić information content (AvgIpc) is 2.91. The second kappa shape index (κ2) is 14.3. The van der Waals surface area contributed by atoms with Gasteiger partial charge in [0.05, 0.1) is 11.9 Å². The average molecular weight is 542 g/mol. The van der Waals surface area contributed by atoms with Crippen molar-refractivity contribution in [2.45, 2.75) is 83.7 Å². The van der Waals surface area contributed by atoms with E-state index in [1.54, 1.807) is 11.8 Å². The van der Waals surface area contributed by atoms with Gasteiger partial charge in [-0.05, 0) is 62.3 Å². The van der Waals surface area contributed by atoms with Gasteiger partial charge >= 0.3 is 0 Å². The topological polar surface area (TPSA) is 86.8 Å². The minimum Gasteiger partial charge on any atom is -0.352 e. The number of benzene rings is 2. The van der Waals surface area contributed by atoms with E-state index in [1.807, 2.05) is 54.6 Å².